The number of carbonyl (C=O) groups excluding carboxylic acids is 4. The Morgan fingerprint density at radius 1 is 1.09 bits per heavy atom. The van der Waals surface area contributed by atoms with Gasteiger partial charge in [0.15, 0.2) is 5.78 Å². The first kappa shape index (κ1) is 23.2. The van der Waals surface area contributed by atoms with Gasteiger partial charge in [-0.3, -0.25) is 24.1 Å². The molecule has 0 N–H and O–H groups in total. The topological polar surface area (TPSA) is 99.2 Å². The largest absolute Gasteiger partial charge is 0.469 e. The second-order valence-electron chi connectivity index (χ2n) is 8.86. The number of methoxy groups -OCH3 is 2. The van der Waals surface area contributed by atoms with Gasteiger partial charge in [0.05, 0.1) is 32.8 Å². The Bertz CT molecular complexity index is 1020. The minimum absolute atomic E-state index is 0.0468. The van der Waals surface area contributed by atoms with E-state index in [2.05, 4.69) is 0 Å². The highest BCUT2D eigenvalue weighted by molar-refractivity contribution is 6.00. The molecule has 2 aliphatic heterocycles. The summed E-state index contributed by atoms with van der Waals surface area (Å²) in [5.74, 6) is -4.12. The van der Waals surface area contributed by atoms with Crippen LogP contribution in [0.15, 0.2) is 41.5 Å². The Morgan fingerprint density at radius 2 is 1.76 bits per heavy atom. The number of allylic oxidation sites excluding steroid dienone is 1. The average Bonchev–Trinajstić information content (AvgIpc) is 3.28. The number of ketones is 1. The minimum Gasteiger partial charge on any atom is -0.469 e. The Kier molecular flexibility index (Phi) is 6.14. The Morgan fingerprint density at radius 3 is 2.36 bits per heavy atom. The third-order valence-corrected chi connectivity index (χ3v) is 7.48. The molecule has 0 saturated carbocycles. The van der Waals surface area contributed by atoms with Crippen molar-refractivity contribution >= 4 is 23.7 Å². The van der Waals surface area contributed by atoms with Crippen LogP contribution in [0, 0.1) is 17.8 Å². The molecule has 8 nitrogen and oxygen atoms in total. The van der Waals surface area contributed by atoms with Gasteiger partial charge in [0.25, 0.3) is 0 Å². The molecule has 5 atom stereocenters. The summed E-state index contributed by atoms with van der Waals surface area (Å²) < 4.78 is 15.8. The molecular formula is C25H29NO7. The van der Waals surface area contributed by atoms with Gasteiger partial charge in [-0.1, -0.05) is 30.3 Å². The van der Waals surface area contributed by atoms with E-state index in [0.29, 0.717) is 5.57 Å². The minimum atomic E-state index is -1.46. The SMILES string of the molecule is CCOC(=O)[C@]12C[C@H]3CC(=O)C(C)=C3CN1[C@H](c1ccccc1)[C@H](C(=O)OC)[C@@H]2C(=O)OC. The number of fused-ring (bicyclic) bond motifs is 2. The molecule has 8 heteroatoms. The molecule has 1 aromatic carbocycles. The van der Waals surface area contributed by atoms with Crippen molar-refractivity contribution in [3.63, 3.8) is 0 Å². The molecule has 1 aromatic rings. The fraction of sp³-hybridized carbons (Fsp3) is 0.520. The van der Waals surface area contributed by atoms with Gasteiger partial charge >= 0.3 is 17.9 Å². The van der Waals surface area contributed by atoms with Crippen LogP contribution in [0.5, 0.6) is 0 Å². The van der Waals surface area contributed by atoms with E-state index in [-0.39, 0.29) is 37.7 Å². The van der Waals surface area contributed by atoms with Crippen molar-refractivity contribution in [2.75, 3.05) is 27.4 Å². The molecule has 2 heterocycles. The summed E-state index contributed by atoms with van der Waals surface area (Å²) in [5.41, 5.74) is 0.964. The molecular weight excluding hydrogens is 426 g/mol. The summed E-state index contributed by atoms with van der Waals surface area (Å²) >= 11 is 0. The third-order valence-electron chi connectivity index (χ3n) is 7.48. The van der Waals surface area contributed by atoms with Crippen LogP contribution >= 0.6 is 0 Å². The fourth-order valence-corrected chi connectivity index (χ4v) is 6.06. The van der Waals surface area contributed by atoms with Crippen LogP contribution < -0.4 is 0 Å². The number of piperidine rings is 1. The van der Waals surface area contributed by atoms with Crippen LogP contribution in [0.1, 0.15) is 38.3 Å². The first-order valence-electron chi connectivity index (χ1n) is 11.2. The van der Waals surface area contributed by atoms with Gasteiger partial charge in [0.2, 0.25) is 0 Å². The number of Topliss-reactive ketones (excluding diaryl/α,β-unsaturated/α-hetero) is 1. The molecule has 0 unspecified atom stereocenters. The predicted molar refractivity (Wildman–Crippen MR) is 117 cm³/mol. The Labute approximate surface area is 192 Å². The summed E-state index contributed by atoms with van der Waals surface area (Å²) in [7, 11) is 2.51. The average molecular weight is 456 g/mol. The summed E-state index contributed by atoms with van der Waals surface area (Å²) in [5, 5.41) is 0. The zero-order valence-electron chi connectivity index (χ0n) is 19.3. The van der Waals surface area contributed by atoms with Crippen molar-refractivity contribution in [1.82, 2.24) is 4.90 Å². The second kappa shape index (κ2) is 8.74. The molecule has 0 spiro atoms. The van der Waals surface area contributed by atoms with E-state index < -0.39 is 41.3 Å². The number of rotatable bonds is 5. The number of hydrogen-bond acceptors (Lipinski definition) is 8. The normalized spacial score (nSPS) is 31.1. The zero-order valence-corrected chi connectivity index (χ0v) is 19.3. The van der Waals surface area contributed by atoms with Crippen molar-refractivity contribution in [2.45, 2.75) is 38.3 Å². The Balaban J connectivity index is 1.99. The van der Waals surface area contributed by atoms with Crippen molar-refractivity contribution < 1.29 is 33.4 Å². The number of ether oxygens (including phenoxy) is 3. The molecule has 0 amide bonds. The molecule has 176 valence electrons. The van der Waals surface area contributed by atoms with E-state index in [1.165, 1.54) is 14.2 Å². The van der Waals surface area contributed by atoms with Crippen molar-refractivity contribution in [3.8, 4) is 0 Å². The lowest BCUT2D eigenvalue weighted by atomic mass is 9.70. The monoisotopic (exact) mass is 455 g/mol. The summed E-state index contributed by atoms with van der Waals surface area (Å²) in [6.07, 6.45) is 0.476. The number of nitrogens with zero attached hydrogens (tertiary/aromatic N) is 1. The summed E-state index contributed by atoms with van der Waals surface area (Å²) in [4.78, 5) is 54.6. The van der Waals surface area contributed by atoms with Gasteiger partial charge in [-0.2, -0.15) is 0 Å². The third kappa shape index (κ3) is 3.39. The smallest absolute Gasteiger partial charge is 0.327 e. The van der Waals surface area contributed by atoms with Crippen LogP contribution in [0.4, 0.5) is 0 Å². The van der Waals surface area contributed by atoms with E-state index in [9.17, 15) is 19.2 Å². The van der Waals surface area contributed by atoms with Crippen molar-refractivity contribution in [2.24, 2.45) is 17.8 Å². The van der Waals surface area contributed by atoms with Crippen LogP contribution in [0.2, 0.25) is 0 Å². The standard InChI is InChI=1S/C25H29NO7/c1-5-33-24(30)25-12-16-11-18(27)14(2)17(16)13-26(25)21(15-9-7-6-8-10-15)19(22(28)31-3)20(25)23(29)32-4/h6-10,16,19-21H,5,11-13H2,1-4H3/t16-,19-,20-,21-,25-/m1/s1. The maximum atomic E-state index is 13.7. The van der Waals surface area contributed by atoms with Crippen LogP contribution in [-0.2, 0) is 33.4 Å². The van der Waals surface area contributed by atoms with Crippen LogP contribution in [0.25, 0.3) is 0 Å². The first-order valence-corrected chi connectivity index (χ1v) is 11.2. The molecule has 2 saturated heterocycles. The van der Waals surface area contributed by atoms with E-state index in [1.807, 2.05) is 35.2 Å². The molecule has 0 radical (unpaired) electrons. The van der Waals surface area contributed by atoms with Crippen LogP contribution in [-0.4, -0.2) is 61.5 Å². The predicted octanol–water partition coefficient (Wildman–Crippen LogP) is 2.23. The number of esters is 3. The van der Waals surface area contributed by atoms with Gasteiger partial charge in [-0.05, 0) is 42.9 Å². The van der Waals surface area contributed by atoms with E-state index >= 15 is 0 Å². The highest BCUT2D eigenvalue weighted by Gasteiger charge is 2.71. The zero-order chi connectivity index (χ0) is 23.9. The van der Waals surface area contributed by atoms with Crippen molar-refractivity contribution in [3.05, 3.63) is 47.0 Å². The quantitative estimate of drug-likeness (QED) is 0.492. The number of carbonyl (C=O) groups is 4. The van der Waals surface area contributed by atoms with Crippen LogP contribution in [0.3, 0.4) is 0 Å². The van der Waals surface area contributed by atoms with E-state index in [1.54, 1.807) is 13.8 Å². The maximum absolute atomic E-state index is 13.7. The fourth-order valence-electron chi connectivity index (χ4n) is 6.06. The Hall–Kier alpha value is -3.00. The molecule has 0 aromatic heterocycles. The molecule has 0 bridgehead atoms. The van der Waals surface area contributed by atoms with Crippen molar-refractivity contribution in [1.29, 1.82) is 0 Å². The van der Waals surface area contributed by atoms with Gasteiger partial charge < -0.3 is 14.2 Å². The second-order valence-corrected chi connectivity index (χ2v) is 8.86. The molecule has 33 heavy (non-hydrogen) atoms. The maximum Gasteiger partial charge on any atom is 0.327 e. The molecule has 1 aliphatic carbocycles. The lowest BCUT2D eigenvalue weighted by Crippen LogP contribution is -2.61. The summed E-state index contributed by atoms with van der Waals surface area (Å²) in [6.45, 7) is 3.90. The number of benzene rings is 1. The molecule has 4 rings (SSSR count). The highest BCUT2D eigenvalue weighted by atomic mass is 16.5. The lowest BCUT2D eigenvalue weighted by molar-refractivity contribution is -0.171. The van der Waals surface area contributed by atoms with E-state index in [0.717, 1.165) is 11.1 Å². The van der Waals surface area contributed by atoms with Gasteiger partial charge in [0.1, 0.15) is 11.5 Å². The van der Waals surface area contributed by atoms with Gasteiger partial charge in [0, 0.05) is 13.0 Å². The summed E-state index contributed by atoms with van der Waals surface area (Å²) in [6, 6.07) is 8.64. The van der Waals surface area contributed by atoms with E-state index in [4.69, 9.17) is 14.2 Å². The highest BCUT2D eigenvalue weighted by Crippen LogP contribution is 2.59. The van der Waals surface area contributed by atoms with Gasteiger partial charge in [-0.15, -0.1) is 0 Å². The first-order chi connectivity index (χ1) is 15.8. The van der Waals surface area contributed by atoms with Gasteiger partial charge in [-0.25, -0.2) is 0 Å². The number of hydrogen-bond donors (Lipinski definition) is 0. The molecule has 3 aliphatic rings. The molecule has 2 fully saturated rings. The lowest BCUT2D eigenvalue weighted by Gasteiger charge is -2.47.